The number of urea groups is 1. The van der Waals surface area contributed by atoms with Crippen molar-refractivity contribution in [3.8, 4) is 0 Å². The molecule has 1 N–H and O–H groups in total. The number of hydrogen-bond donors (Lipinski definition) is 1. The molecule has 1 aromatic rings. The molecule has 8 heteroatoms. The summed E-state index contributed by atoms with van der Waals surface area (Å²) in [6.07, 6.45) is 3.14. The van der Waals surface area contributed by atoms with Gasteiger partial charge >= 0.3 is 12.2 Å². The van der Waals surface area contributed by atoms with E-state index in [0.717, 1.165) is 18.8 Å². The van der Waals surface area contributed by atoms with E-state index in [0.29, 0.717) is 39.0 Å². The number of rotatable bonds is 2. The Hall–Kier alpha value is -2.51. The van der Waals surface area contributed by atoms with E-state index in [1.165, 1.54) is 0 Å². The van der Waals surface area contributed by atoms with E-state index in [-0.39, 0.29) is 12.1 Å². The lowest BCUT2D eigenvalue weighted by Gasteiger charge is -2.40. The highest BCUT2D eigenvalue weighted by Gasteiger charge is 2.29. The van der Waals surface area contributed by atoms with Crippen LogP contribution in [-0.4, -0.2) is 77.4 Å². The van der Waals surface area contributed by atoms with Crippen molar-refractivity contribution in [2.75, 3.05) is 44.2 Å². The van der Waals surface area contributed by atoms with Crippen molar-refractivity contribution < 1.29 is 19.4 Å². The van der Waals surface area contributed by atoms with Crippen LogP contribution in [0.25, 0.3) is 0 Å². The molecule has 0 saturated carbocycles. The summed E-state index contributed by atoms with van der Waals surface area (Å²) < 4.78 is 4.78. The second kappa shape index (κ2) is 7.37. The van der Waals surface area contributed by atoms with Gasteiger partial charge in [0.1, 0.15) is 6.10 Å². The first-order chi connectivity index (χ1) is 11.6. The standard InChI is InChI=1S/C16H22N4O4/c21-15(19-7-3-14(4-8-19)24-16(22)23)20-11-9-18(10-12-20)13-1-5-17-6-2-13/h1-2,5-6,14H,3-4,7-12H2,(H,22,23). The number of nitrogens with zero attached hydrogens (tertiary/aromatic N) is 4. The van der Waals surface area contributed by atoms with Gasteiger partial charge in [0.25, 0.3) is 0 Å². The summed E-state index contributed by atoms with van der Waals surface area (Å²) in [6, 6.07) is 3.99. The van der Waals surface area contributed by atoms with E-state index in [4.69, 9.17) is 9.84 Å². The molecule has 0 radical (unpaired) electrons. The van der Waals surface area contributed by atoms with Gasteiger partial charge in [0.05, 0.1) is 0 Å². The summed E-state index contributed by atoms with van der Waals surface area (Å²) in [5.41, 5.74) is 1.13. The third-order valence-electron chi connectivity index (χ3n) is 4.56. The molecular formula is C16H22N4O4. The lowest BCUT2D eigenvalue weighted by Crippen LogP contribution is -2.54. The number of ether oxygens (including phenoxy) is 1. The topological polar surface area (TPSA) is 86.2 Å². The van der Waals surface area contributed by atoms with Crippen molar-refractivity contribution in [1.82, 2.24) is 14.8 Å². The maximum Gasteiger partial charge on any atom is 0.506 e. The number of anilines is 1. The van der Waals surface area contributed by atoms with E-state index in [1.54, 1.807) is 17.3 Å². The van der Waals surface area contributed by atoms with Crippen LogP contribution in [0.4, 0.5) is 15.3 Å². The number of carbonyl (C=O) groups is 2. The number of carboxylic acid groups (broad SMARTS) is 1. The zero-order valence-corrected chi connectivity index (χ0v) is 13.5. The molecule has 0 atom stereocenters. The van der Waals surface area contributed by atoms with Crippen molar-refractivity contribution in [1.29, 1.82) is 0 Å². The van der Waals surface area contributed by atoms with Gasteiger partial charge < -0.3 is 24.5 Å². The first-order valence-corrected chi connectivity index (χ1v) is 8.22. The first-order valence-electron chi connectivity index (χ1n) is 8.22. The molecule has 0 aliphatic carbocycles. The Morgan fingerprint density at radius 3 is 2.17 bits per heavy atom. The van der Waals surface area contributed by atoms with Gasteiger partial charge in [-0.15, -0.1) is 0 Å². The van der Waals surface area contributed by atoms with Crippen LogP contribution in [0.3, 0.4) is 0 Å². The smallest absolute Gasteiger partial charge is 0.450 e. The maximum absolute atomic E-state index is 12.6. The molecule has 0 unspecified atom stereocenters. The average Bonchev–Trinajstić information content (AvgIpc) is 2.62. The quantitative estimate of drug-likeness (QED) is 0.825. The van der Waals surface area contributed by atoms with Crippen molar-refractivity contribution in [2.24, 2.45) is 0 Å². The number of pyridine rings is 1. The molecule has 2 aliphatic heterocycles. The summed E-state index contributed by atoms with van der Waals surface area (Å²) in [5.74, 6) is 0. The Labute approximate surface area is 140 Å². The Bertz CT molecular complexity index is 567. The molecule has 130 valence electrons. The number of hydrogen-bond acceptors (Lipinski definition) is 5. The molecule has 2 aliphatic rings. The van der Waals surface area contributed by atoms with Crippen LogP contribution in [0.15, 0.2) is 24.5 Å². The molecule has 3 heterocycles. The molecular weight excluding hydrogens is 312 g/mol. The number of likely N-dealkylation sites (tertiary alicyclic amines) is 1. The highest BCUT2D eigenvalue weighted by Crippen LogP contribution is 2.18. The zero-order chi connectivity index (χ0) is 16.9. The Morgan fingerprint density at radius 2 is 1.58 bits per heavy atom. The van der Waals surface area contributed by atoms with Crippen LogP contribution in [0.1, 0.15) is 12.8 Å². The monoisotopic (exact) mass is 334 g/mol. The van der Waals surface area contributed by atoms with Crippen molar-refractivity contribution >= 4 is 17.9 Å². The predicted molar refractivity (Wildman–Crippen MR) is 87.1 cm³/mol. The molecule has 2 saturated heterocycles. The summed E-state index contributed by atoms with van der Waals surface area (Å²) in [4.78, 5) is 33.1. The highest BCUT2D eigenvalue weighted by atomic mass is 16.7. The molecule has 0 aromatic carbocycles. The van der Waals surface area contributed by atoms with E-state index < -0.39 is 6.16 Å². The van der Waals surface area contributed by atoms with Gasteiger partial charge in [-0.1, -0.05) is 0 Å². The largest absolute Gasteiger partial charge is 0.506 e. The third kappa shape index (κ3) is 3.87. The second-order valence-corrected chi connectivity index (χ2v) is 6.03. The van der Waals surface area contributed by atoms with Crippen LogP contribution < -0.4 is 4.90 Å². The number of carbonyl (C=O) groups excluding carboxylic acids is 1. The van der Waals surface area contributed by atoms with E-state index >= 15 is 0 Å². The fourth-order valence-electron chi connectivity index (χ4n) is 3.22. The van der Waals surface area contributed by atoms with E-state index in [2.05, 4.69) is 9.88 Å². The Kier molecular flexibility index (Phi) is 5.02. The molecule has 3 rings (SSSR count). The Morgan fingerprint density at radius 1 is 1.00 bits per heavy atom. The van der Waals surface area contributed by atoms with Crippen LogP contribution in [-0.2, 0) is 4.74 Å². The van der Waals surface area contributed by atoms with Crippen molar-refractivity contribution in [3.63, 3.8) is 0 Å². The number of aromatic nitrogens is 1. The van der Waals surface area contributed by atoms with E-state index in [9.17, 15) is 9.59 Å². The van der Waals surface area contributed by atoms with Gasteiger partial charge in [-0.3, -0.25) is 4.98 Å². The molecule has 0 spiro atoms. The van der Waals surface area contributed by atoms with Gasteiger partial charge in [-0.05, 0) is 12.1 Å². The molecule has 2 fully saturated rings. The van der Waals surface area contributed by atoms with Gasteiger partial charge in [0.15, 0.2) is 0 Å². The number of amides is 2. The predicted octanol–water partition coefficient (Wildman–Crippen LogP) is 1.48. The molecule has 0 bridgehead atoms. The van der Waals surface area contributed by atoms with Crippen LogP contribution >= 0.6 is 0 Å². The normalized spacial score (nSPS) is 19.2. The van der Waals surface area contributed by atoms with Gasteiger partial charge in [0.2, 0.25) is 0 Å². The van der Waals surface area contributed by atoms with Crippen molar-refractivity contribution in [2.45, 2.75) is 18.9 Å². The van der Waals surface area contributed by atoms with Gasteiger partial charge in [-0.25, -0.2) is 9.59 Å². The van der Waals surface area contributed by atoms with Crippen LogP contribution in [0.5, 0.6) is 0 Å². The van der Waals surface area contributed by atoms with Crippen LogP contribution in [0, 0.1) is 0 Å². The SMILES string of the molecule is O=C(O)OC1CCN(C(=O)N2CCN(c3ccncc3)CC2)CC1. The van der Waals surface area contributed by atoms with Crippen molar-refractivity contribution in [3.05, 3.63) is 24.5 Å². The second-order valence-electron chi connectivity index (χ2n) is 6.03. The Balaban J connectivity index is 1.47. The lowest BCUT2D eigenvalue weighted by atomic mass is 10.1. The fourth-order valence-corrected chi connectivity index (χ4v) is 3.22. The minimum absolute atomic E-state index is 0.0400. The molecule has 2 amide bonds. The van der Waals surface area contributed by atoms with Crippen LogP contribution in [0.2, 0.25) is 0 Å². The maximum atomic E-state index is 12.6. The molecule has 24 heavy (non-hydrogen) atoms. The zero-order valence-electron chi connectivity index (χ0n) is 13.5. The number of piperidine rings is 1. The van der Waals surface area contributed by atoms with Gasteiger partial charge in [-0.2, -0.15) is 0 Å². The molecule has 8 nitrogen and oxygen atoms in total. The minimum Gasteiger partial charge on any atom is -0.450 e. The average molecular weight is 334 g/mol. The van der Waals surface area contributed by atoms with E-state index in [1.807, 2.05) is 17.0 Å². The third-order valence-corrected chi connectivity index (χ3v) is 4.56. The van der Waals surface area contributed by atoms with Gasteiger partial charge in [0, 0.05) is 70.2 Å². The summed E-state index contributed by atoms with van der Waals surface area (Å²) >= 11 is 0. The summed E-state index contributed by atoms with van der Waals surface area (Å²) in [7, 11) is 0. The first kappa shape index (κ1) is 16.4. The number of piperazine rings is 1. The highest BCUT2D eigenvalue weighted by molar-refractivity contribution is 5.75. The minimum atomic E-state index is -1.24. The summed E-state index contributed by atoms with van der Waals surface area (Å²) in [5, 5.41) is 8.64. The lowest BCUT2D eigenvalue weighted by molar-refractivity contribution is 0.0230. The molecule has 1 aromatic heterocycles. The summed E-state index contributed by atoms with van der Waals surface area (Å²) in [6.45, 7) is 4.06. The fraction of sp³-hybridized carbons (Fsp3) is 0.562.